The summed E-state index contributed by atoms with van der Waals surface area (Å²) in [6.45, 7) is 9.96. The van der Waals surface area contributed by atoms with Crippen LogP contribution in [0.15, 0.2) is 47.6 Å². The van der Waals surface area contributed by atoms with Crippen LogP contribution in [-0.2, 0) is 6.42 Å². The number of benzene rings is 1. The maximum absolute atomic E-state index is 5.75. The van der Waals surface area contributed by atoms with E-state index in [2.05, 4.69) is 59.6 Å². The number of aromatic nitrogens is 1. The highest BCUT2D eigenvalue weighted by atomic mass is 16.5. The van der Waals surface area contributed by atoms with Crippen LogP contribution < -0.4 is 15.4 Å². The predicted molar refractivity (Wildman–Crippen MR) is 112 cm³/mol. The zero-order valence-electron chi connectivity index (χ0n) is 17.1. The summed E-state index contributed by atoms with van der Waals surface area (Å²) in [5.41, 5.74) is 3.45. The molecule has 2 N–H and O–H groups in total. The van der Waals surface area contributed by atoms with Crippen molar-refractivity contribution in [2.24, 2.45) is 10.9 Å². The van der Waals surface area contributed by atoms with Gasteiger partial charge in [-0.1, -0.05) is 32.0 Å². The van der Waals surface area contributed by atoms with Crippen LogP contribution in [0.4, 0.5) is 0 Å². The van der Waals surface area contributed by atoms with Gasteiger partial charge in [-0.25, -0.2) is 0 Å². The molecule has 1 aromatic heterocycles. The van der Waals surface area contributed by atoms with Crippen molar-refractivity contribution in [1.82, 2.24) is 15.6 Å². The van der Waals surface area contributed by atoms with Crippen LogP contribution in [0.25, 0.3) is 0 Å². The summed E-state index contributed by atoms with van der Waals surface area (Å²) in [5.74, 6) is 2.23. The second-order valence-corrected chi connectivity index (χ2v) is 7.20. The van der Waals surface area contributed by atoms with Gasteiger partial charge in [-0.05, 0) is 55.5 Å². The average molecular weight is 369 g/mol. The molecule has 27 heavy (non-hydrogen) atoms. The molecule has 1 aromatic carbocycles. The largest absolute Gasteiger partial charge is 0.493 e. The van der Waals surface area contributed by atoms with E-state index in [9.17, 15) is 0 Å². The molecular formula is C22H32N4O. The Kier molecular flexibility index (Phi) is 8.11. The fraction of sp³-hybridized carbons (Fsp3) is 0.455. The van der Waals surface area contributed by atoms with Gasteiger partial charge < -0.3 is 15.4 Å². The summed E-state index contributed by atoms with van der Waals surface area (Å²) in [5, 5.41) is 6.79. The van der Waals surface area contributed by atoms with Crippen molar-refractivity contribution in [3.8, 4) is 5.75 Å². The van der Waals surface area contributed by atoms with E-state index in [4.69, 9.17) is 4.74 Å². The van der Waals surface area contributed by atoms with Crippen molar-refractivity contribution in [3.63, 3.8) is 0 Å². The van der Waals surface area contributed by atoms with Gasteiger partial charge in [-0.15, -0.1) is 0 Å². The van der Waals surface area contributed by atoms with E-state index in [1.54, 1.807) is 7.05 Å². The van der Waals surface area contributed by atoms with Gasteiger partial charge in [-0.3, -0.25) is 9.98 Å². The molecule has 146 valence electrons. The quantitative estimate of drug-likeness (QED) is 0.548. The fourth-order valence-corrected chi connectivity index (χ4v) is 2.57. The van der Waals surface area contributed by atoms with Crippen LogP contribution in [0.2, 0.25) is 0 Å². The maximum atomic E-state index is 5.75. The van der Waals surface area contributed by atoms with Crippen LogP contribution in [-0.4, -0.2) is 31.1 Å². The first-order valence-electron chi connectivity index (χ1n) is 9.59. The number of aliphatic imine (C=N–C) groups is 1. The first-order chi connectivity index (χ1) is 13.0. The second-order valence-electron chi connectivity index (χ2n) is 7.20. The smallest absolute Gasteiger partial charge is 0.191 e. The molecule has 0 saturated heterocycles. The molecule has 0 spiro atoms. The molecule has 2 rings (SSSR count). The van der Waals surface area contributed by atoms with Crippen molar-refractivity contribution < 1.29 is 4.74 Å². The molecule has 0 radical (unpaired) electrons. The predicted octanol–water partition coefficient (Wildman–Crippen LogP) is 3.89. The third kappa shape index (κ3) is 7.29. The number of ether oxygens (including phenoxy) is 1. The number of guanidine groups is 1. The second kappa shape index (κ2) is 10.6. The highest BCUT2D eigenvalue weighted by Gasteiger charge is 2.08. The van der Waals surface area contributed by atoms with E-state index in [1.807, 2.05) is 31.3 Å². The van der Waals surface area contributed by atoms with Gasteiger partial charge in [0.05, 0.1) is 12.6 Å². The Hall–Kier alpha value is -2.56. The van der Waals surface area contributed by atoms with E-state index in [0.717, 1.165) is 37.0 Å². The van der Waals surface area contributed by atoms with E-state index < -0.39 is 0 Å². The summed E-state index contributed by atoms with van der Waals surface area (Å²) in [7, 11) is 1.79. The zero-order valence-corrected chi connectivity index (χ0v) is 17.1. The molecule has 0 aliphatic heterocycles. The molecule has 0 aliphatic carbocycles. The molecule has 5 heteroatoms. The molecule has 0 bridgehead atoms. The van der Waals surface area contributed by atoms with Crippen LogP contribution in [0.5, 0.6) is 5.75 Å². The van der Waals surface area contributed by atoms with Crippen LogP contribution >= 0.6 is 0 Å². The van der Waals surface area contributed by atoms with Crippen LogP contribution in [0.1, 0.15) is 43.6 Å². The van der Waals surface area contributed by atoms with Gasteiger partial charge in [-0.2, -0.15) is 0 Å². The molecule has 0 saturated carbocycles. The van der Waals surface area contributed by atoms with Gasteiger partial charge in [0.15, 0.2) is 5.96 Å². The summed E-state index contributed by atoms with van der Waals surface area (Å²) in [4.78, 5) is 8.65. The van der Waals surface area contributed by atoms with Gasteiger partial charge in [0.2, 0.25) is 0 Å². The molecule has 0 aliphatic rings. The van der Waals surface area contributed by atoms with Crippen molar-refractivity contribution in [2.75, 3.05) is 20.2 Å². The number of hydrogen-bond acceptors (Lipinski definition) is 3. The standard InChI is InChI=1S/C22H32N4O/c1-16(2)15-27-21-10-8-20(9-11-21)18(4)26-22(23-5)24-13-12-19-7-6-17(3)25-14-19/h6-11,14,16,18H,12-13,15H2,1-5H3,(H2,23,24,26). The molecule has 0 amide bonds. The molecule has 1 atom stereocenters. The van der Waals surface area contributed by atoms with E-state index in [0.29, 0.717) is 5.92 Å². The van der Waals surface area contributed by atoms with E-state index >= 15 is 0 Å². The Bertz CT molecular complexity index is 708. The first kappa shape index (κ1) is 20.7. The molecule has 1 heterocycles. The lowest BCUT2D eigenvalue weighted by atomic mass is 10.1. The lowest BCUT2D eigenvalue weighted by Gasteiger charge is -2.19. The van der Waals surface area contributed by atoms with Crippen LogP contribution in [0.3, 0.4) is 0 Å². The number of hydrogen-bond donors (Lipinski definition) is 2. The number of aryl methyl sites for hydroxylation is 1. The summed E-state index contributed by atoms with van der Waals surface area (Å²) in [6, 6.07) is 12.5. The topological polar surface area (TPSA) is 58.5 Å². The van der Waals surface area contributed by atoms with Crippen molar-refractivity contribution >= 4 is 5.96 Å². The van der Waals surface area contributed by atoms with E-state index in [-0.39, 0.29) is 6.04 Å². The Morgan fingerprint density at radius 3 is 2.44 bits per heavy atom. The maximum Gasteiger partial charge on any atom is 0.191 e. The number of nitrogens with one attached hydrogen (secondary N) is 2. The number of rotatable bonds is 8. The molecule has 2 aromatic rings. The van der Waals surface area contributed by atoms with Gasteiger partial charge in [0.25, 0.3) is 0 Å². The third-order valence-electron chi connectivity index (χ3n) is 4.22. The monoisotopic (exact) mass is 368 g/mol. The van der Waals surface area contributed by atoms with Crippen molar-refractivity contribution in [1.29, 1.82) is 0 Å². The fourth-order valence-electron chi connectivity index (χ4n) is 2.57. The van der Waals surface area contributed by atoms with Crippen molar-refractivity contribution in [3.05, 3.63) is 59.4 Å². The van der Waals surface area contributed by atoms with Gasteiger partial charge in [0.1, 0.15) is 5.75 Å². The first-order valence-corrected chi connectivity index (χ1v) is 9.59. The Morgan fingerprint density at radius 2 is 1.85 bits per heavy atom. The van der Waals surface area contributed by atoms with Crippen molar-refractivity contribution in [2.45, 2.75) is 40.2 Å². The third-order valence-corrected chi connectivity index (χ3v) is 4.22. The summed E-state index contributed by atoms with van der Waals surface area (Å²) in [6.07, 6.45) is 2.84. The Labute approximate surface area is 163 Å². The van der Waals surface area contributed by atoms with E-state index in [1.165, 1.54) is 11.1 Å². The molecular weight excluding hydrogens is 336 g/mol. The number of nitrogens with zero attached hydrogens (tertiary/aromatic N) is 2. The van der Waals surface area contributed by atoms with Gasteiger partial charge in [0, 0.05) is 25.5 Å². The summed E-state index contributed by atoms with van der Waals surface area (Å²) < 4.78 is 5.75. The average Bonchev–Trinajstić information content (AvgIpc) is 2.67. The lowest BCUT2D eigenvalue weighted by molar-refractivity contribution is 0.271. The minimum Gasteiger partial charge on any atom is -0.493 e. The Morgan fingerprint density at radius 1 is 1.11 bits per heavy atom. The molecule has 5 nitrogen and oxygen atoms in total. The highest BCUT2D eigenvalue weighted by Crippen LogP contribution is 2.18. The highest BCUT2D eigenvalue weighted by molar-refractivity contribution is 5.80. The SMILES string of the molecule is CN=C(NCCc1ccc(C)nc1)NC(C)c1ccc(OCC(C)C)cc1. The Balaban J connectivity index is 1.81. The number of pyridine rings is 1. The summed E-state index contributed by atoms with van der Waals surface area (Å²) >= 11 is 0. The molecule has 0 fully saturated rings. The lowest BCUT2D eigenvalue weighted by Crippen LogP contribution is -2.39. The van der Waals surface area contributed by atoms with Crippen LogP contribution in [0, 0.1) is 12.8 Å². The molecule has 1 unspecified atom stereocenters. The minimum atomic E-state index is 0.149. The van der Waals surface area contributed by atoms with Gasteiger partial charge >= 0.3 is 0 Å². The minimum absolute atomic E-state index is 0.149. The zero-order chi connectivity index (χ0) is 19.6. The normalized spacial score (nSPS) is 12.7.